The van der Waals surface area contributed by atoms with Gasteiger partial charge in [-0.25, -0.2) is 9.59 Å². The Morgan fingerprint density at radius 1 is 1.50 bits per heavy atom. The van der Waals surface area contributed by atoms with Gasteiger partial charge in [0.2, 0.25) is 0 Å². The van der Waals surface area contributed by atoms with Crippen LogP contribution >= 0.6 is 0 Å². The second-order valence-corrected chi connectivity index (χ2v) is 2.13. The molecule has 1 saturated heterocycles. The van der Waals surface area contributed by atoms with Crippen molar-refractivity contribution in [3.05, 3.63) is 11.6 Å². The van der Waals surface area contributed by atoms with E-state index < -0.39 is 11.9 Å². The van der Waals surface area contributed by atoms with E-state index >= 15 is 0 Å². The average Bonchev–Trinajstić information content (AvgIpc) is 2.61. The molecule has 0 bridgehead atoms. The van der Waals surface area contributed by atoms with Gasteiger partial charge in [-0.2, -0.15) is 0 Å². The topological polar surface area (TPSA) is 55.9 Å². The summed E-state index contributed by atoms with van der Waals surface area (Å²) in [4.78, 5) is 21.1. The predicted octanol–water partition coefficient (Wildman–Crippen LogP) is -0.605. The summed E-state index contributed by atoms with van der Waals surface area (Å²) in [5, 5.41) is 0. The van der Waals surface area contributed by atoms with E-state index in [0.717, 1.165) is 0 Å². The lowest BCUT2D eigenvalue weighted by Crippen LogP contribution is -2.05. The van der Waals surface area contributed by atoms with Crippen LogP contribution in [0.1, 0.15) is 0 Å². The predicted molar refractivity (Wildman–Crippen MR) is 28.9 cm³/mol. The van der Waals surface area contributed by atoms with E-state index in [9.17, 15) is 9.59 Å². The normalized spacial score (nSPS) is 30.0. The van der Waals surface area contributed by atoms with E-state index in [-0.39, 0.29) is 6.10 Å². The average molecular weight is 140 g/mol. The SMILES string of the molecule is O=C1C=C(C2CO2)C(=O)O1. The molecule has 0 aromatic rings. The summed E-state index contributed by atoms with van der Waals surface area (Å²) in [6.45, 7) is 0.522. The number of hydrogen-bond acceptors (Lipinski definition) is 4. The minimum absolute atomic E-state index is 0.182. The minimum atomic E-state index is -0.587. The first-order valence-electron chi connectivity index (χ1n) is 2.87. The number of carbonyl (C=O) groups excluding carboxylic acids is 2. The molecule has 1 unspecified atom stereocenters. The third kappa shape index (κ3) is 0.733. The first kappa shape index (κ1) is 5.61. The molecule has 4 nitrogen and oxygen atoms in total. The first-order valence-corrected chi connectivity index (χ1v) is 2.87. The van der Waals surface area contributed by atoms with Gasteiger partial charge in [0.05, 0.1) is 12.2 Å². The second-order valence-electron chi connectivity index (χ2n) is 2.13. The van der Waals surface area contributed by atoms with Crippen LogP contribution in [0.3, 0.4) is 0 Å². The van der Waals surface area contributed by atoms with Crippen molar-refractivity contribution in [3.8, 4) is 0 Å². The molecule has 2 rings (SSSR count). The van der Waals surface area contributed by atoms with Crippen molar-refractivity contribution in [2.24, 2.45) is 0 Å². The van der Waals surface area contributed by atoms with Gasteiger partial charge in [0.25, 0.3) is 0 Å². The molecule has 1 fully saturated rings. The molecule has 52 valence electrons. The number of hydrogen-bond donors (Lipinski definition) is 0. The molecule has 0 aliphatic carbocycles. The third-order valence-corrected chi connectivity index (χ3v) is 1.38. The number of epoxide rings is 1. The highest BCUT2D eigenvalue weighted by atomic mass is 16.6. The molecule has 0 saturated carbocycles. The lowest BCUT2D eigenvalue weighted by atomic mass is 10.2. The van der Waals surface area contributed by atoms with Gasteiger partial charge in [0.15, 0.2) is 0 Å². The monoisotopic (exact) mass is 140 g/mol. The Balaban J connectivity index is 2.25. The van der Waals surface area contributed by atoms with Crippen LogP contribution in [0.5, 0.6) is 0 Å². The largest absolute Gasteiger partial charge is 0.386 e. The quantitative estimate of drug-likeness (QED) is 0.277. The fourth-order valence-electron chi connectivity index (χ4n) is 0.818. The maximum Gasteiger partial charge on any atom is 0.344 e. The van der Waals surface area contributed by atoms with Crippen molar-refractivity contribution >= 4 is 11.9 Å². The number of carbonyl (C=O) groups is 2. The number of ether oxygens (including phenoxy) is 2. The van der Waals surface area contributed by atoms with Gasteiger partial charge in [-0.15, -0.1) is 0 Å². The van der Waals surface area contributed by atoms with Gasteiger partial charge in [0, 0.05) is 6.08 Å². The molecule has 2 aliphatic heterocycles. The third-order valence-electron chi connectivity index (χ3n) is 1.38. The van der Waals surface area contributed by atoms with Crippen LogP contribution in [-0.4, -0.2) is 24.6 Å². The second kappa shape index (κ2) is 1.67. The molecule has 0 amide bonds. The van der Waals surface area contributed by atoms with Gasteiger partial charge in [0.1, 0.15) is 6.10 Å². The zero-order valence-corrected chi connectivity index (χ0v) is 4.99. The van der Waals surface area contributed by atoms with Crippen molar-refractivity contribution in [1.82, 2.24) is 0 Å². The molecule has 0 aromatic heterocycles. The lowest BCUT2D eigenvalue weighted by Gasteiger charge is -1.88. The molecule has 0 aromatic carbocycles. The Labute approximate surface area is 56.4 Å². The summed E-state index contributed by atoms with van der Waals surface area (Å²) in [6.07, 6.45) is 0.999. The summed E-state index contributed by atoms with van der Waals surface area (Å²) >= 11 is 0. The highest BCUT2D eigenvalue weighted by molar-refractivity contribution is 6.09. The molecule has 0 radical (unpaired) electrons. The van der Waals surface area contributed by atoms with Crippen LogP contribution in [0.2, 0.25) is 0 Å². The summed E-state index contributed by atoms with van der Waals surface area (Å²) in [7, 11) is 0. The standard InChI is InChI=1S/C6H4O4/c7-5-1-3(4-2-9-4)6(8)10-5/h1,4H,2H2. The van der Waals surface area contributed by atoms with Crippen LogP contribution in [0, 0.1) is 0 Å². The highest BCUT2D eigenvalue weighted by Crippen LogP contribution is 2.23. The Bertz CT molecular complexity index is 236. The highest BCUT2D eigenvalue weighted by Gasteiger charge is 2.37. The van der Waals surface area contributed by atoms with Gasteiger partial charge in [-0.05, 0) is 0 Å². The summed E-state index contributed by atoms with van der Waals surface area (Å²) < 4.78 is 9.01. The maximum atomic E-state index is 10.7. The maximum absolute atomic E-state index is 10.7. The lowest BCUT2D eigenvalue weighted by molar-refractivity contribution is -0.150. The van der Waals surface area contributed by atoms with E-state index in [2.05, 4.69) is 4.74 Å². The van der Waals surface area contributed by atoms with Crippen LogP contribution in [0.4, 0.5) is 0 Å². The van der Waals surface area contributed by atoms with Crippen molar-refractivity contribution in [2.75, 3.05) is 6.61 Å². The minimum Gasteiger partial charge on any atom is -0.386 e. The zero-order valence-electron chi connectivity index (χ0n) is 4.99. The molecule has 0 spiro atoms. The number of esters is 2. The molecular formula is C6H4O4. The Morgan fingerprint density at radius 2 is 2.20 bits per heavy atom. The van der Waals surface area contributed by atoms with Crippen molar-refractivity contribution < 1.29 is 19.1 Å². The van der Waals surface area contributed by atoms with Gasteiger partial charge >= 0.3 is 11.9 Å². The smallest absolute Gasteiger partial charge is 0.344 e. The van der Waals surface area contributed by atoms with E-state index in [0.29, 0.717) is 12.2 Å². The summed E-state index contributed by atoms with van der Waals surface area (Å²) in [6, 6.07) is 0. The fourth-order valence-corrected chi connectivity index (χ4v) is 0.818. The fraction of sp³-hybridized carbons (Fsp3) is 0.333. The van der Waals surface area contributed by atoms with Crippen molar-refractivity contribution in [2.45, 2.75) is 6.10 Å². The molecular weight excluding hydrogens is 136 g/mol. The van der Waals surface area contributed by atoms with Crippen LogP contribution in [0.25, 0.3) is 0 Å². The molecule has 2 aliphatic rings. The summed E-state index contributed by atoms with van der Waals surface area (Å²) in [5.74, 6) is -1.15. The van der Waals surface area contributed by atoms with Crippen molar-refractivity contribution in [3.63, 3.8) is 0 Å². The van der Waals surface area contributed by atoms with Crippen LogP contribution in [0.15, 0.2) is 11.6 Å². The van der Waals surface area contributed by atoms with Gasteiger partial charge in [-0.3, -0.25) is 0 Å². The number of rotatable bonds is 1. The van der Waals surface area contributed by atoms with Gasteiger partial charge in [-0.1, -0.05) is 0 Å². The Morgan fingerprint density at radius 3 is 2.60 bits per heavy atom. The molecule has 10 heavy (non-hydrogen) atoms. The molecule has 0 N–H and O–H groups in total. The molecule has 1 atom stereocenters. The van der Waals surface area contributed by atoms with E-state index in [1.807, 2.05) is 0 Å². The van der Waals surface area contributed by atoms with E-state index in [4.69, 9.17) is 4.74 Å². The molecule has 4 heteroatoms. The van der Waals surface area contributed by atoms with E-state index in [1.165, 1.54) is 6.08 Å². The van der Waals surface area contributed by atoms with E-state index in [1.54, 1.807) is 0 Å². The molecule has 2 heterocycles. The zero-order chi connectivity index (χ0) is 7.14. The first-order chi connectivity index (χ1) is 4.77. The van der Waals surface area contributed by atoms with Gasteiger partial charge < -0.3 is 9.47 Å². The van der Waals surface area contributed by atoms with Crippen LogP contribution in [-0.2, 0) is 19.1 Å². The Hall–Kier alpha value is -1.16. The Kier molecular flexibility index (Phi) is 0.935. The van der Waals surface area contributed by atoms with Crippen molar-refractivity contribution in [1.29, 1.82) is 0 Å². The summed E-state index contributed by atoms with van der Waals surface area (Å²) in [5.41, 5.74) is 0.352. The van der Waals surface area contributed by atoms with Crippen LogP contribution < -0.4 is 0 Å². The number of cyclic esters (lactones) is 2.